The highest BCUT2D eigenvalue weighted by atomic mass is 32.2. The van der Waals surface area contributed by atoms with Crippen LogP contribution in [0.2, 0.25) is 0 Å². The summed E-state index contributed by atoms with van der Waals surface area (Å²) in [5, 5.41) is 8.47. The minimum absolute atomic E-state index is 0.0515. The van der Waals surface area contributed by atoms with Gasteiger partial charge in [-0.05, 0) is 37.1 Å². The van der Waals surface area contributed by atoms with E-state index in [9.17, 15) is 18.0 Å². The Labute approximate surface area is 157 Å². The number of piperidine rings is 1. The van der Waals surface area contributed by atoms with Crippen molar-refractivity contribution in [2.24, 2.45) is 5.92 Å². The van der Waals surface area contributed by atoms with E-state index in [0.717, 1.165) is 17.8 Å². The van der Waals surface area contributed by atoms with Gasteiger partial charge in [-0.3, -0.25) is 4.79 Å². The summed E-state index contributed by atoms with van der Waals surface area (Å²) < 4.78 is 31.4. The molecule has 0 bridgehead atoms. The van der Waals surface area contributed by atoms with Crippen LogP contribution in [0.3, 0.4) is 0 Å². The molecule has 9 heteroatoms. The molecule has 144 valence electrons. The van der Waals surface area contributed by atoms with E-state index in [1.807, 2.05) is 30.3 Å². The molecule has 1 aromatic heterocycles. The number of rotatable bonds is 5. The van der Waals surface area contributed by atoms with Crippen LogP contribution >= 0.6 is 0 Å². The Kier molecular flexibility index (Phi) is 5.33. The molecular formula is C18H20N2O6S. The number of sulfonamides is 1. The third kappa shape index (κ3) is 3.88. The van der Waals surface area contributed by atoms with Crippen molar-refractivity contribution in [3.8, 4) is 0 Å². The second-order valence-corrected chi connectivity index (χ2v) is 8.20. The number of benzene rings is 1. The maximum absolute atomic E-state index is 12.7. The normalized spacial score (nSPS) is 16.2. The molecule has 1 amide bonds. The van der Waals surface area contributed by atoms with Crippen molar-refractivity contribution in [3.63, 3.8) is 0 Å². The molecule has 1 aliphatic heterocycles. The fraction of sp³-hybridized carbons (Fsp3) is 0.333. The van der Waals surface area contributed by atoms with E-state index in [0.29, 0.717) is 12.8 Å². The molecule has 3 rings (SSSR count). The smallest absolute Gasteiger partial charge is 0.371 e. The summed E-state index contributed by atoms with van der Waals surface area (Å²) in [7, 11) is -2.21. The molecule has 1 N–H and O–H groups in total. The number of furan rings is 1. The van der Waals surface area contributed by atoms with Crippen LogP contribution in [0.15, 0.2) is 52.0 Å². The number of amides is 1. The minimum Gasteiger partial charge on any atom is -0.475 e. The molecule has 0 radical (unpaired) electrons. The van der Waals surface area contributed by atoms with Crippen LogP contribution in [0, 0.1) is 5.92 Å². The maximum atomic E-state index is 12.7. The van der Waals surface area contributed by atoms with Crippen LogP contribution in [0.1, 0.15) is 23.4 Å². The van der Waals surface area contributed by atoms with Crippen molar-refractivity contribution in [3.05, 3.63) is 48.2 Å². The lowest BCUT2D eigenvalue weighted by Gasteiger charge is -2.32. The van der Waals surface area contributed by atoms with Crippen molar-refractivity contribution in [2.75, 3.05) is 25.0 Å². The molecule has 0 saturated carbocycles. The van der Waals surface area contributed by atoms with E-state index >= 15 is 0 Å². The second kappa shape index (κ2) is 7.53. The lowest BCUT2D eigenvalue weighted by Crippen LogP contribution is -2.43. The number of hydrogen-bond acceptors (Lipinski definition) is 5. The Bertz CT molecular complexity index is 930. The predicted octanol–water partition coefficient (Wildman–Crippen LogP) is 2.04. The summed E-state index contributed by atoms with van der Waals surface area (Å²) in [5.41, 5.74) is 0.786. The zero-order chi connectivity index (χ0) is 19.6. The van der Waals surface area contributed by atoms with Gasteiger partial charge in [-0.25, -0.2) is 13.2 Å². The number of carboxylic acid groups (broad SMARTS) is 1. The van der Waals surface area contributed by atoms with Crippen LogP contribution in [0.25, 0.3) is 0 Å². The molecule has 1 aliphatic rings. The topological polar surface area (TPSA) is 108 Å². The quantitative estimate of drug-likeness (QED) is 0.834. The highest BCUT2D eigenvalue weighted by Crippen LogP contribution is 2.27. The fourth-order valence-electron chi connectivity index (χ4n) is 3.10. The summed E-state index contributed by atoms with van der Waals surface area (Å²) in [6.07, 6.45) is 0.781. The molecule has 0 aliphatic carbocycles. The van der Waals surface area contributed by atoms with Crippen LogP contribution < -0.4 is 4.90 Å². The van der Waals surface area contributed by atoms with Crippen molar-refractivity contribution >= 4 is 27.6 Å². The van der Waals surface area contributed by atoms with E-state index < -0.39 is 26.8 Å². The van der Waals surface area contributed by atoms with Crippen molar-refractivity contribution in [2.45, 2.75) is 17.9 Å². The number of anilines is 1. The van der Waals surface area contributed by atoms with Gasteiger partial charge in [0.05, 0.1) is 0 Å². The Morgan fingerprint density at radius 3 is 2.30 bits per heavy atom. The summed E-state index contributed by atoms with van der Waals surface area (Å²) in [6.45, 7) is 0.342. The van der Waals surface area contributed by atoms with Crippen LogP contribution in [0.4, 0.5) is 5.69 Å². The highest BCUT2D eigenvalue weighted by Gasteiger charge is 2.35. The van der Waals surface area contributed by atoms with Gasteiger partial charge in [0.1, 0.15) is 0 Å². The molecule has 8 nitrogen and oxygen atoms in total. The van der Waals surface area contributed by atoms with Gasteiger partial charge in [0.15, 0.2) is 0 Å². The molecule has 0 spiro atoms. The first-order chi connectivity index (χ1) is 12.8. The average molecular weight is 392 g/mol. The van der Waals surface area contributed by atoms with Crippen LogP contribution in [0.5, 0.6) is 0 Å². The molecule has 1 fully saturated rings. The van der Waals surface area contributed by atoms with Gasteiger partial charge < -0.3 is 14.4 Å². The Hall–Kier alpha value is -2.65. The number of carbonyl (C=O) groups is 2. The molecule has 1 saturated heterocycles. The molecular weight excluding hydrogens is 372 g/mol. The molecule has 0 atom stereocenters. The van der Waals surface area contributed by atoms with E-state index in [4.69, 9.17) is 9.52 Å². The number of carboxylic acids is 1. The van der Waals surface area contributed by atoms with E-state index in [1.165, 1.54) is 4.31 Å². The highest BCUT2D eigenvalue weighted by molar-refractivity contribution is 7.89. The van der Waals surface area contributed by atoms with E-state index in [-0.39, 0.29) is 24.9 Å². The van der Waals surface area contributed by atoms with Gasteiger partial charge >= 0.3 is 5.97 Å². The molecule has 1 aromatic carbocycles. The van der Waals surface area contributed by atoms with Crippen molar-refractivity contribution in [1.82, 2.24) is 4.31 Å². The van der Waals surface area contributed by atoms with Gasteiger partial charge in [0, 0.05) is 31.7 Å². The number of nitrogens with zero attached hydrogens (tertiary/aromatic N) is 2. The standard InChI is InChI=1S/C18H20N2O6S/c1-19(14-5-3-2-4-6-14)17(21)13-9-11-20(12-10-13)27(24,25)16-8-7-15(26-16)18(22)23/h2-8,13H,9-12H2,1H3,(H,22,23). The largest absolute Gasteiger partial charge is 0.475 e. The average Bonchev–Trinajstić information content (AvgIpc) is 3.19. The first-order valence-electron chi connectivity index (χ1n) is 8.46. The predicted molar refractivity (Wildman–Crippen MR) is 97.0 cm³/mol. The lowest BCUT2D eigenvalue weighted by atomic mass is 9.96. The third-order valence-electron chi connectivity index (χ3n) is 4.66. The number of hydrogen-bond donors (Lipinski definition) is 1. The zero-order valence-electron chi connectivity index (χ0n) is 14.7. The van der Waals surface area contributed by atoms with Crippen LogP contribution in [-0.2, 0) is 14.8 Å². The number of para-hydroxylation sites is 1. The monoisotopic (exact) mass is 392 g/mol. The fourth-order valence-corrected chi connectivity index (χ4v) is 4.48. The molecule has 0 unspecified atom stereocenters. The van der Waals surface area contributed by atoms with Gasteiger partial charge in [-0.2, -0.15) is 4.31 Å². The molecule has 2 heterocycles. The van der Waals surface area contributed by atoms with Gasteiger partial charge in [-0.1, -0.05) is 18.2 Å². The van der Waals surface area contributed by atoms with E-state index in [1.54, 1.807) is 11.9 Å². The Morgan fingerprint density at radius 1 is 1.11 bits per heavy atom. The summed E-state index contributed by atoms with van der Waals surface area (Å²) >= 11 is 0. The summed E-state index contributed by atoms with van der Waals surface area (Å²) in [6, 6.07) is 11.5. The van der Waals surface area contributed by atoms with Gasteiger partial charge in [-0.15, -0.1) is 0 Å². The lowest BCUT2D eigenvalue weighted by molar-refractivity contribution is -0.123. The second-order valence-electron chi connectivity index (χ2n) is 6.33. The SMILES string of the molecule is CN(C(=O)C1CCN(S(=O)(=O)c2ccc(C(=O)O)o2)CC1)c1ccccc1. The van der Waals surface area contributed by atoms with E-state index in [2.05, 4.69) is 0 Å². The maximum Gasteiger partial charge on any atom is 0.371 e. The first kappa shape index (κ1) is 19.1. The van der Waals surface area contributed by atoms with Crippen molar-refractivity contribution in [1.29, 1.82) is 0 Å². The molecule has 27 heavy (non-hydrogen) atoms. The van der Waals surface area contributed by atoms with Crippen molar-refractivity contribution < 1.29 is 27.5 Å². The minimum atomic E-state index is -3.92. The molecule has 2 aromatic rings. The third-order valence-corrected chi connectivity index (χ3v) is 6.44. The van der Waals surface area contributed by atoms with Crippen LogP contribution in [-0.4, -0.2) is 49.8 Å². The van der Waals surface area contributed by atoms with Gasteiger partial charge in [0.25, 0.3) is 10.0 Å². The summed E-state index contributed by atoms with van der Waals surface area (Å²) in [4.78, 5) is 25.1. The summed E-state index contributed by atoms with van der Waals surface area (Å²) in [5.74, 6) is -2.08. The Morgan fingerprint density at radius 2 is 1.74 bits per heavy atom. The number of carbonyl (C=O) groups excluding carboxylic acids is 1. The number of aromatic carboxylic acids is 1. The Balaban J connectivity index is 1.65. The van der Waals surface area contributed by atoms with Gasteiger partial charge in [0.2, 0.25) is 16.8 Å². The first-order valence-corrected chi connectivity index (χ1v) is 9.90. The zero-order valence-corrected chi connectivity index (χ0v) is 15.6.